The van der Waals surface area contributed by atoms with Gasteiger partial charge in [0.15, 0.2) is 0 Å². The van der Waals surface area contributed by atoms with Gasteiger partial charge in [-0.1, -0.05) is 18.2 Å². The summed E-state index contributed by atoms with van der Waals surface area (Å²) >= 11 is 0. The second-order valence-electron chi connectivity index (χ2n) is 6.30. The van der Waals surface area contributed by atoms with Gasteiger partial charge in [-0.2, -0.15) is 0 Å². The number of benzene rings is 1. The molecule has 2 heterocycles. The molecule has 4 rings (SSSR count). The van der Waals surface area contributed by atoms with Crippen LogP contribution in [-0.4, -0.2) is 29.3 Å². The molecule has 1 aromatic heterocycles. The molecule has 3 nitrogen and oxygen atoms in total. The van der Waals surface area contributed by atoms with Gasteiger partial charge in [0.05, 0.1) is 11.6 Å². The summed E-state index contributed by atoms with van der Waals surface area (Å²) in [7, 11) is 0. The van der Waals surface area contributed by atoms with Crippen LogP contribution in [0.4, 0.5) is 5.82 Å². The lowest BCUT2D eigenvalue weighted by Gasteiger charge is -2.21. The molecule has 104 valence electrons. The second-order valence-corrected chi connectivity index (χ2v) is 6.30. The fraction of sp³-hybridized carbons (Fsp3) is 0.471. The normalized spacial score (nSPS) is 29.1. The van der Waals surface area contributed by atoms with Gasteiger partial charge < -0.3 is 10.0 Å². The molecule has 20 heavy (non-hydrogen) atoms. The van der Waals surface area contributed by atoms with Crippen molar-refractivity contribution in [2.24, 2.45) is 11.8 Å². The Morgan fingerprint density at radius 2 is 2.05 bits per heavy atom. The van der Waals surface area contributed by atoms with Crippen molar-refractivity contribution in [3.8, 4) is 0 Å². The Morgan fingerprint density at radius 1 is 1.20 bits per heavy atom. The molecular weight excluding hydrogens is 248 g/mol. The van der Waals surface area contributed by atoms with Crippen molar-refractivity contribution in [3.05, 3.63) is 35.9 Å². The molecule has 0 spiro atoms. The van der Waals surface area contributed by atoms with E-state index in [-0.39, 0.29) is 6.10 Å². The van der Waals surface area contributed by atoms with Gasteiger partial charge in [0, 0.05) is 24.4 Å². The first-order chi connectivity index (χ1) is 9.72. The Morgan fingerprint density at radius 3 is 2.90 bits per heavy atom. The summed E-state index contributed by atoms with van der Waals surface area (Å²) in [5, 5.41) is 11.3. The summed E-state index contributed by atoms with van der Waals surface area (Å²) in [6.45, 7) is 4.14. The van der Waals surface area contributed by atoms with Crippen LogP contribution in [0.1, 0.15) is 18.4 Å². The van der Waals surface area contributed by atoms with E-state index in [9.17, 15) is 5.11 Å². The number of hydrogen-bond acceptors (Lipinski definition) is 3. The first kappa shape index (κ1) is 12.2. The third-order valence-electron chi connectivity index (χ3n) is 5.01. The van der Waals surface area contributed by atoms with E-state index in [0.717, 1.165) is 37.3 Å². The zero-order valence-corrected chi connectivity index (χ0v) is 11.8. The molecule has 1 aliphatic carbocycles. The van der Waals surface area contributed by atoms with E-state index in [2.05, 4.69) is 36.1 Å². The molecule has 2 fully saturated rings. The lowest BCUT2D eigenvalue weighted by molar-refractivity contribution is 0.133. The molecule has 0 amide bonds. The zero-order chi connectivity index (χ0) is 13.7. The van der Waals surface area contributed by atoms with Crippen LogP contribution in [0.5, 0.6) is 0 Å². The summed E-state index contributed by atoms with van der Waals surface area (Å²) in [5.74, 6) is 2.20. The molecule has 1 N–H and O–H groups in total. The van der Waals surface area contributed by atoms with Crippen molar-refractivity contribution in [1.29, 1.82) is 0 Å². The highest BCUT2D eigenvalue weighted by Crippen LogP contribution is 2.40. The molecule has 2 aliphatic rings. The third kappa shape index (κ3) is 1.80. The van der Waals surface area contributed by atoms with Crippen molar-refractivity contribution in [1.82, 2.24) is 4.98 Å². The number of aryl methyl sites for hydroxylation is 1. The number of hydrogen-bond donors (Lipinski definition) is 1. The third-order valence-corrected chi connectivity index (χ3v) is 5.01. The van der Waals surface area contributed by atoms with Gasteiger partial charge in [-0.15, -0.1) is 0 Å². The van der Waals surface area contributed by atoms with E-state index >= 15 is 0 Å². The summed E-state index contributed by atoms with van der Waals surface area (Å²) in [5.41, 5.74) is 2.30. The number of aliphatic hydroxyl groups excluding tert-OH is 1. The number of anilines is 1. The minimum absolute atomic E-state index is 0.106. The fourth-order valence-electron chi connectivity index (χ4n) is 3.94. The average molecular weight is 268 g/mol. The van der Waals surface area contributed by atoms with E-state index in [0.29, 0.717) is 11.8 Å². The summed E-state index contributed by atoms with van der Waals surface area (Å²) < 4.78 is 0. The number of pyridine rings is 1. The van der Waals surface area contributed by atoms with Gasteiger partial charge in [0.2, 0.25) is 0 Å². The molecule has 0 bridgehead atoms. The van der Waals surface area contributed by atoms with Crippen LogP contribution in [-0.2, 0) is 0 Å². The second kappa shape index (κ2) is 4.45. The van der Waals surface area contributed by atoms with Crippen LogP contribution >= 0.6 is 0 Å². The maximum atomic E-state index is 10.1. The molecule has 1 saturated heterocycles. The highest BCUT2D eigenvalue weighted by Gasteiger charge is 2.42. The molecule has 3 unspecified atom stereocenters. The number of fused-ring (bicyclic) bond motifs is 2. The van der Waals surface area contributed by atoms with E-state index in [1.165, 1.54) is 10.9 Å². The van der Waals surface area contributed by atoms with Crippen LogP contribution in [0.15, 0.2) is 30.3 Å². The maximum absolute atomic E-state index is 10.1. The van der Waals surface area contributed by atoms with Crippen molar-refractivity contribution in [2.75, 3.05) is 18.0 Å². The van der Waals surface area contributed by atoms with Gasteiger partial charge in [-0.25, -0.2) is 4.98 Å². The van der Waals surface area contributed by atoms with Crippen molar-refractivity contribution < 1.29 is 5.11 Å². The Bertz CT molecular complexity index is 654. The van der Waals surface area contributed by atoms with Crippen LogP contribution in [0.3, 0.4) is 0 Å². The minimum Gasteiger partial charge on any atom is -0.393 e. The lowest BCUT2D eigenvalue weighted by atomic mass is 10.00. The predicted octanol–water partition coefficient (Wildman–Crippen LogP) is 2.75. The predicted molar refractivity (Wildman–Crippen MR) is 80.9 cm³/mol. The largest absolute Gasteiger partial charge is 0.393 e. The number of aliphatic hydroxyl groups is 1. The van der Waals surface area contributed by atoms with E-state index in [4.69, 9.17) is 4.98 Å². The highest BCUT2D eigenvalue weighted by molar-refractivity contribution is 5.81. The van der Waals surface area contributed by atoms with Gasteiger partial charge >= 0.3 is 0 Å². The van der Waals surface area contributed by atoms with E-state index in [1.807, 2.05) is 6.07 Å². The quantitative estimate of drug-likeness (QED) is 0.864. The Hall–Kier alpha value is -1.61. The van der Waals surface area contributed by atoms with Gasteiger partial charge in [0.25, 0.3) is 0 Å². The first-order valence-electron chi connectivity index (χ1n) is 7.52. The minimum atomic E-state index is -0.106. The summed E-state index contributed by atoms with van der Waals surface area (Å²) in [6, 6.07) is 10.5. The molecular formula is C17H20N2O. The molecule has 3 atom stereocenters. The number of nitrogens with zero attached hydrogens (tertiary/aromatic N) is 2. The number of para-hydroxylation sites is 1. The molecule has 3 heteroatoms. The SMILES string of the molecule is Cc1cc2ccccc2nc1N1CC2CCC(O)C2C1. The maximum Gasteiger partial charge on any atom is 0.132 e. The van der Waals surface area contributed by atoms with Gasteiger partial charge in [-0.05, 0) is 43.4 Å². The molecule has 1 aromatic carbocycles. The Balaban J connectivity index is 1.71. The lowest BCUT2D eigenvalue weighted by Crippen LogP contribution is -2.25. The van der Waals surface area contributed by atoms with E-state index in [1.54, 1.807) is 0 Å². The van der Waals surface area contributed by atoms with Crippen molar-refractivity contribution in [2.45, 2.75) is 25.9 Å². The monoisotopic (exact) mass is 268 g/mol. The highest BCUT2D eigenvalue weighted by atomic mass is 16.3. The summed E-state index contributed by atoms with van der Waals surface area (Å²) in [4.78, 5) is 7.23. The summed E-state index contributed by atoms with van der Waals surface area (Å²) in [6.07, 6.45) is 2.04. The van der Waals surface area contributed by atoms with Crippen LogP contribution in [0.25, 0.3) is 10.9 Å². The van der Waals surface area contributed by atoms with Gasteiger partial charge in [0.1, 0.15) is 5.82 Å². The standard InChI is InChI=1S/C17H20N2O/c1-11-8-12-4-2-3-5-15(12)18-17(11)19-9-13-6-7-16(20)14(13)10-19/h2-5,8,13-14,16,20H,6-7,9-10H2,1H3. The zero-order valence-electron chi connectivity index (χ0n) is 11.8. The topological polar surface area (TPSA) is 36.4 Å². The number of rotatable bonds is 1. The van der Waals surface area contributed by atoms with Crippen molar-refractivity contribution in [3.63, 3.8) is 0 Å². The smallest absolute Gasteiger partial charge is 0.132 e. The average Bonchev–Trinajstić information content (AvgIpc) is 3.01. The first-order valence-corrected chi connectivity index (χ1v) is 7.52. The van der Waals surface area contributed by atoms with Gasteiger partial charge in [-0.3, -0.25) is 0 Å². The van der Waals surface area contributed by atoms with Crippen LogP contribution < -0.4 is 4.90 Å². The molecule has 2 aromatic rings. The fourth-order valence-corrected chi connectivity index (χ4v) is 3.94. The Labute approximate surface area is 119 Å². The van der Waals surface area contributed by atoms with E-state index < -0.39 is 0 Å². The van der Waals surface area contributed by atoms with Crippen LogP contribution in [0.2, 0.25) is 0 Å². The van der Waals surface area contributed by atoms with Crippen LogP contribution in [0, 0.1) is 18.8 Å². The number of aromatic nitrogens is 1. The Kier molecular flexibility index (Phi) is 2.71. The molecule has 1 saturated carbocycles. The molecule has 1 aliphatic heterocycles. The van der Waals surface area contributed by atoms with Crippen molar-refractivity contribution >= 4 is 16.7 Å². The molecule has 0 radical (unpaired) electrons.